The lowest BCUT2D eigenvalue weighted by atomic mass is 9.83. The average Bonchev–Trinajstić information content (AvgIpc) is 2.96. The Balaban J connectivity index is 2.36. The first-order valence-electron chi connectivity index (χ1n) is 8.12. The number of hydrogen-bond donors (Lipinski definition) is 0. The highest BCUT2D eigenvalue weighted by Gasteiger charge is 2.33. The van der Waals surface area contributed by atoms with E-state index in [-0.39, 0.29) is 17.5 Å². The van der Waals surface area contributed by atoms with Crippen LogP contribution in [0.2, 0.25) is 0 Å². The largest absolute Gasteiger partial charge is 0.455 e. The van der Waals surface area contributed by atoms with E-state index < -0.39 is 0 Å². The van der Waals surface area contributed by atoms with E-state index in [9.17, 15) is 4.79 Å². The maximum Gasteiger partial charge on any atom is 0.303 e. The maximum absolute atomic E-state index is 11.6. The molecule has 0 spiro atoms. The van der Waals surface area contributed by atoms with Crippen LogP contribution >= 0.6 is 0 Å². The van der Waals surface area contributed by atoms with Gasteiger partial charge in [-0.15, -0.1) is 0 Å². The van der Waals surface area contributed by atoms with E-state index in [0.29, 0.717) is 5.92 Å². The molecular weight excluding hydrogens is 278 g/mol. The van der Waals surface area contributed by atoms with Crippen LogP contribution in [0.25, 0.3) is 5.70 Å². The molecule has 1 atom stereocenters. The van der Waals surface area contributed by atoms with E-state index in [1.165, 1.54) is 45.4 Å². The number of carbonyl (C=O) groups is 1. The van der Waals surface area contributed by atoms with E-state index in [0.717, 1.165) is 5.70 Å². The molecule has 1 heterocycles. The molecule has 1 unspecified atom stereocenters. The molecule has 0 N–H and O–H groups in total. The molecule has 1 aromatic heterocycles. The third-order valence-electron chi connectivity index (χ3n) is 4.08. The molecule has 1 saturated carbocycles. The Kier molecular flexibility index (Phi) is 5.37. The Hall–Kier alpha value is -1.65. The first-order chi connectivity index (χ1) is 10.4. The Morgan fingerprint density at radius 3 is 2.50 bits per heavy atom. The van der Waals surface area contributed by atoms with Gasteiger partial charge < -0.3 is 4.74 Å². The summed E-state index contributed by atoms with van der Waals surface area (Å²) < 4.78 is 7.39. The second-order valence-corrected chi connectivity index (χ2v) is 7.19. The molecule has 1 aromatic rings. The van der Waals surface area contributed by atoms with Gasteiger partial charge in [0.2, 0.25) is 0 Å². The topological polar surface area (TPSA) is 57.0 Å². The normalized spacial score (nSPS) is 19.0. The van der Waals surface area contributed by atoms with Gasteiger partial charge in [0.1, 0.15) is 18.8 Å². The van der Waals surface area contributed by atoms with Crippen LogP contribution in [-0.2, 0) is 9.53 Å². The molecule has 22 heavy (non-hydrogen) atoms. The van der Waals surface area contributed by atoms with Crippen molar-refractivity contribution in [3.8, 4) is 0 Å². The number of ether oxygens (including phenoxy) is 1. The fourth-order valence-electron chi connectivity index (χ4n) is 3.01. The van der Waals surface area contributed by atoms with Crippen molar-refractivity contribution in [1.29, 1.82) is 0 Å². The second kappa shape index (κ2) is 7.07. The molecule has 122 valence electrons. The monoisotopic (exact) mass is 305 g/mol. The SMILES string of the molecule is CC(=O)OC(/C(=C/C1CCCCC1)n1cncn1)C(C)(C)C. The molecule has 5 nitrogen and oxygen atoms in total. The van der Waals surface area contributed by atoms with Crippen molar-refractivity contribution >= 4 is 11.7 Å². The van der Waals surface area contributed by atoms with Crippen LogP contribution in [0.4, 0.5) is 0 Å². The lowest BCUT2D eigenvalue weighted by molar-refractivity contribution is -0.148. The van der Waals surface area contributed by atoms with Gasteiger partial charge in [0.25, 0.3) is 0 Å². The van der Waals surface area contributed by atoms with Crippen LogP contribution in [0.15, 0.2) is 18.7 Å². The van der Waals surface area contributed by atoms with Crippen molar-refractivity contribution in [3.63, 3.8) is 0 Å². The molecule has 2 rings (SSSR count). The molecule has 5 heteroatoms. The van der Waals surface area contributed by atoms with E-state index >= 15 is 0 Å². The quantitative estimate of drug-likeness (QED) is 0.796. The number of rotatable bonds is 4. The van der Waals surface area contributed by atoms with Crippen molar-refractivity contribution in [2.75, 3.05) is 0 Å². The highest BCUT2D eigenvalue weighted by molar-refractivity contribution is 5.68. The summed E-state index contributed by atoms with van der Waals surface area (Å²) in [6.45, 7) is 7.68. The van der Waals surface area contributed by atoms with Crippen LogP contribution in [-0.4, -0.2) is 26.8 Å². The minimum Gasteiger partial charge on any atom is -0.455 e. The van der Waals surface area contributed by atoms with Gasteiger partial charge in [-0.1, -0.05) is 46.1 Å². The number of nitrogens with zero attached hydrogens (tertiary/aromatic N) is 3. The minimum atomic E-state index is -0.339. The summed E-state index contributed by atoms with van der Waals surface area (Å²) in [5.74, 6) is 0.253. The van der Waals surface area contributed by atoms with Gasteiger partial charge in [0.15, 0.2) is 0 Å². The molecule has 0 saturated heterocycles. The lowest BCUT2D eigenvalue weighted by Gasteiger charge is -2.32. The second-order valence-electron chi connectivity index (χ2n) is 7.19. The van der Waals surface area contributed by atoms with E-state index in [4.69, 9.17) is 4.74 Å². The Bertz CT molecular complexity index is 509. The lowest BCUT2D eigenvalue weighted by Crippen LogP contribution is -2.34. The summed E-state index contributed by atoms with van der Waals surface area (Å²) in [4.78, 5) is 15.6. The van der Waals surface area contributed by atoms with E-state index in [1.54, 1.807) is 11.0 Å². The predicted octanol–water partition coefficient (Wildman–Crippen LogP) is 3.68. The molecule has 0 bridgehead atoms. The van der Waals surface area contributed by atoms with Crippen LogP contribution in [0.3, 0.4) is 0 Å². The average molecular weight is 305 g/mol. The zero-order valence-electron chi connectivity index (χ0n) is 14.1. The molecular formula is C17H27N3O2. The summed E-state index contributed by atoms with van der Waals surface area (Å²) >= 11 is 0. The smallest absolute Gasteiger partial charge is 0.303 e. The minimum absolute atomic E-state index is 0.210. The summed E-state index contributed by atoms with van der Waals surface area (Å²) in [6.07, 6.45) is 11.3. The third kappa shape index (κ3) is 4.42. The third-order valence-corrected chi connectivity index (χ3v) is 4.08. The van der Waals surface area contributed by atoms with Gasteiger partial charge in [-0.2, -0.15) is 5.10 Å². The van der Waals surface area contributed by atoms with Gasteiger partial charge in [-0.25, -0.2) is 9.67 Å². The predicted molar refractivity (Wildman–Crippen MR) is 85.9 cm³/mol. The molecule has 0 radical (unpaired) electrons. The molecule has 1 aliphatic carbocycles. The number of esters is 1. The van der Waals surface area contributed by atoms with Gasteiger partial charge in [-0.05, 0) is 18.8 Å². The van der Waals surface area contributed by atoms with Crippen molar-refractivity contribution in [2.24, 2.45) is 11.3 Å². The zero-order valence-corrected chi connectivity index (χ0v) is 14.1. The van der Waals surface area contributed by atoms with Gasteiger partial charge in [0.05, 0.1) is 5.70 Å². The molecule has 0 aliphatic heterocycles. The van der Waals surface area contributed by atoms with Crippen molar-refractivity contribution in [1.82, 2.24) is 14.8 Å². The van der Waals surface area contributed by atoms with Crippen molar-refractivity contribution in [3.05, 3.63) is 18.7 Å². The molecule has 1 fully saturated rings. The van der Waals surface area contributed by atoms with Gasteiger partial charge in [0, 0.05) is 12.3 Å². The first-order valence-corrected chi connectivity index (χ1v) is 8.12. The van der Waals surface area contributed by atoms with Crippen LogP contribution in [0.5, 0.6) is 0 Å². The number of aromatic nitrogens is 3. The van der Waals surface area contributed by atoms with Crippen LogP contribution in [0.1, 0.15) is 59.8 Å². The molecule has 0 amide bonds. The van der Waals surface area contributed by atoms with Gasteiger partial charge in [-0.3, -0.25) is 4.79 Å². The van der Waals surface area contributed by atoms with Crippen LogP contribution < -0.4 is 0 Å². The fraction of sp³-hybridized carbons (Fsp3) is 0.706. The highest BCUT2D eigenvalue weighted by Crippen LogP contribution is 2.34. The summed E-state index contributed by atoms with van der Waals surface area (Å²) in [5.41, 5.74) is 0.713. The maximum atomic E-state index is 11.6. The Morgan fingerprint density at radius 1 is 1.32 bits per heavy atom. The number of hydrogen-bond acceptors (Lipinski definition) is 4. The number of carbonyl (C=O) groups excluding carboxylic acids is 1. The van der Waals surface area contributed by atoms with Crippen molar-refractivity contribution in [2.45, 2.75) is 65.9 Å². The van der Waals surface area contributed by atoms with Crippen molar-refractivity contribution < 1.29 is 9.53 Å². The highest BCUT2D eigenvalue weighted by atomic mass is 16.5. The Labute approximate surface area is 132 Å². The standard InChI is InChI=1S/C17H27N3O2/c1-13(21)22-16(17(2,3)4)15(20-12-18-11-19-20)10-14-8-6-5-7-9-14/h10-12,14,16H,5-9H2,1-4H3/b15-10-. The fourth-order valence-corrected chi connectivity index (χ4v) is 3.01. The summed E-state index contributed by atoms with van der Waals surface area (Å²) in [5, 5.41) is 4.27. The first kappa shape index (κ1) is 16.7. The molecule has 1 aliphatic rings. The van der Waals surface area contributed by atoms with E-state index in [2.05, 4.69) is 36.9 Å². The van der Waals surface area contributed by atoms with E-state index in [1.807, 2.05) is 0 Å². The summed E-state index contributed by atoms with van der Waals surface area (Å²) in [7, 11) is 0. The summed E-state index contributed by atoms with van der Waals surface area (Å²) in [6, 6.07) is 0. The molecule has 0 aromatic carbocycles. The Morgan fingerprint density at radius 2 is 2.00 bits per heavy atom. The van der Waals surface area contributed by atoms with Crippen LogP contribution in [0, 0.1) is 11.3 Å². The van der Waals surface area contributed by atoms with Gasteiger partial charge >= 0.3 is 5.97 Å². The number of allylic oxidation sites excluding steroid dienone is 1. The zero-order chi connectivity index (χ0) is 16.2.